The number of allylic oxidation sites excluding steroid dienone is 6. The van der Waals surface area contributed by atoms with Crippen LogP contribution < -0.4 is 4.90 Å². The molecule has 0 bridgehead atoms. The van der Waals surface area contributed by atoms with Crippen molar-refractivity contribution >= 4 is 33.2 Å². The first kappa shape index (κ1) is 35.3. The third kappa shape index (κ3) is 7.52. The van der Waals surface area contributed by atoms with Gasteiger partial charge < -0.3 is 19.5 Å². The van der Waals surface area contributed by atoms with Gasteiger partial charge in [-0.15, -0.1) is 0 Å². The smallest absolute Gasteiger partial charge is 0.303 e. The SMILES string of the molecule is COCC[N+]1=C(/C=C/C=C/C=C2/N(CCCCCC(=O)O)c3ccccc3C2(C)CCOC)C(C)(C)c2cc(S(=O)(=O)O)ccc21. The highest BCUT2D eigenvalue weighted by Gasteiger charge is 2.45. The molecule has 0 spiro atoms. The molecule has 2 aliphatic heterocycles. The van der Waals surface area contributed by atoms with E-state index in [9.17, 15) is 17.8 Å². The maximum absolute atomic E-state index is 11.9. The topological polar surface area (TPSA) is 116 Å². The number of methoxy groups -OCH3 is 2. The van der Waals surface area contributed by atoms with Crippen LogP contribution in [0.3, 0.4) is 0 Å². The van der Waals surface area contributed by atoms with E-state index in [2.05, 4.69) is 46.7 Å². The zero-order valence-electron chi connectivity index (χ0n) is 27.5. The molecule has 2 aromatic carbocycles. The Morgan fingerprint density at radius 3 is 2.39 bits per heavy atom. The van der Waals surface area contributed by atoms with Gasteiger partial charge in [0.25, 0.3) is 10.1 Å². The molecule has 4 rings (SSSR count). The van der Waals surface area contributed by atoms with Crippen molar-refractivity contribution in [2.24, 2.45) is 0 Å². The summed E-state index contributed by atoms with van der Waals surface area (Å²) in [5.41, 5.74) is 5.53. The van der Waals surface area contributed by atoms with Gasteiger partial charge in [0.15, 0.2) is 12.3 Å². The summed E-state index contributed by atoms with van der Waals surface area (Å²) in [4.78, 5) is 13.2. The summed E-state index contributed by atoms with van der Waals surface area (Å²) >= 11 is 0. The second-order valence-electron chi connectivity index (χ2n) is 12.6. The third-order valence-electron chi connectivity index (χ3n) is 9.13. The van der Waals surface area contributed by atoms with Crippen LogP contribution in [0.5, 0.6) is 0 Å². The number of nitrogens with zero attached hydrogens (tertiary/aromatic N) is 2. The molecule has 0 aliphatic carbocycles. The Balaban J connectivity index is 1.65. The zero-order valence-corrected chi connectivity index (χ0v) is 28.3. The molecule has 10 heteroatoms. The van der Waals surface area contributed by atoms with Crippen molar-refractivity contribution in [3.63, 3.8) is 0 Å². The molecule has 0 radical (unpaired) electrons. The standard InChI is InChI=1S/C36H46N2O7S/c1-35(2)29-26-27(46(41,42)43)19-20-31(29)38(23-25-45-5)32(35)16-8-6-9-17-33-36(3,21-24-44-4)28-14-11-12-15-30(28)37(33)22-13-7-10-18-34(39)40/h6,8-9,11-12,14-17,19-20,26H,7,10,13,18,21-25H2,1-5H3,(H-,39,40,41,42,43)/p+1. The van der Waals surface area contributed by atoms with Crippen molar-refractivity contribution < 1.29 is 36.9 Å². The van der Waals surface area contributed by atoms with Crippen LogP contribution in [0.4, 0.5) is 11.4 Å². The normalized spacial score (nSPS) is 20.0. The molecule has 2 N–H and O–H groups in total. The van der Waals surface area contributed by atoms with Crippen molar-refractivity contribution in [2.45, 2.75) is 68.6 Å². The minimum absolute atomic E-state index is 0.122. The Hall–Kier alpha value is -3.57. The second-order valence-corrected chi connectivity index (χ2v) is 14.0. The van der Waals surface area contributed by atoms with Gasteiger partial charge in [-0.1, -0.05) is 42.8 Å². The van der Waals surface area contributed by atoms with Gasteiger partial charge in [0.05, 0.1) is 10.3 Å². The van der Waals surface area contributed by atoms with Gasteiger partial charge in [0.1, 0.15) is 6.61 Å². The number of fused-ring (bicyclic) bond motifs is 2. The van der Waals surface area contributed by atoms with E-state index < -0.39 is 21.5 Å². The lowest BCUT2D eigenvalue weighted by atomic mass is 9.78. The predicted octanol–water partition coefficient (Wildman–Crippen LogP) is 6.41. The third-order valence-corrected chi connectivity index (χ3v) is 9.98. The number of ether oxygens (including phenoxy) is 2. The van der Waals surface area contributed by atoms with Crippen molar-refractivity contribution in [3.05, 3.63) is 89.7 Å². The Bertz CT molecular complexity index is 1660. The van der Waals surface area contributed by atoms with E-state index in [1.165, 1.54) is 23.0 Å². The van der Waals surface area contributed by atoms with Crippen LogP contribution in [0.25, 0.3) is 0 Å². The summed E-state index contributed by atoms with van der Waals surface area (Å²) in [5, 5.41) is 9.04. The van der Waals surface area contributed by atoms with E-state index in [1.807, 2.05) is 38.2 Å². The molecule has 0 aromatic heterocycles. The number of benzene rings is 2. The van der Waals surface area contributed by atoms with E-state index in [1.54, 1.807) is 26.4 Å². The first-order chi connectivity index (χ1) is 21.9. The fourth-order valence-corrected chi connectivity index (χ4v) is 7.15. The molecule has 2 aromatic rings. The first-order valence-corrected chi connectivity index (χ1v) is 17.2. The number of unbranched alkanes of at least 4 members (excludes halogenated alkanes) is 2. The van der Waals surface area contributed by atoms with Gasteiger partial charge in [-0.2, -0.15) is 13.0 Å². The lowest BCUT2D eigenvalue weighted by Gasteiger charge is -2.30. The van der Waals surface area contributed by atoms with Crippen LogP contribution in [0.2, 0.25) is 0 Å². The number of carboxylic acid groups (broad SMARTS) is 1. The molecular weight excluding hydrogens is 604 g/mol. The molecule has 0 saturated carbocycles. The largest absolute Gasteiger partial charge is 0.481 e. The molecule has 1 atom stereocenters. The molecule has 2 heterocycles. The minimum Gasteiger partial charge on any atom is -0.481 e. The fourth-order valence-electron chi connectivity index (χ4n) is 6.64. The van der Waals surface area contributed by atoms with E-state index in [0.717, 1.165) is 42.8 Å². The molecule has 46 heavy (non-hydrogen) atoms. The van der Waals surface area contributed by atoms with Crippen LogP contribution in [-0.2, 0) is 35.2 Å². The number of anilines is 1. The van der Waals surface area contributed by atoms with E-state index in [4.69, 9.17) is 14.6 Å². The minimum atomic E-state index is -4.33. The lowest BCUT2D eigenvalue weighted by molar-refractivity contribution is -0.441. The number of carbonyl (C=O) groups is 1. The molecule has 9 nitrogen and oxygen atoms in total. The summed E-state index contributed by atoms with van der Waals surface area (Å²) < 4.78 is 46.5. The quantitative estimate of drug-likeness (QED) is 0.0926. The molecule has 0 fully saturated rings. The van der Waals surface area contributed by atoms with E-state index >= 15 is 0 Å². The Kier molecular flexibility index (Phi) is 11.4. The van der Waals surface area contributed by atoms with Crippen LogP contribution in [-0.4, -0.2) is 74.9 Å². The summed E-state index contributed by atoms with van der Waals surface area (Å²) in [5.74, 6) is -0.759. The molecular formula is C36H47N2O7S+. The maximum Gasteiger partial charge on any atom is 0.303 e. The Morgan fingerprint density at radius 1 is 0.957 bits per heavy atom. The highest BCUT2D eigenvalue weighted by atomic mass is 32.2. The summed E-state index contributed by atoms with van der Waals surface area (Å²) in [6.07, 6.45) is 13.6. The maximum atomic E-state index is 11.9. The average molecular weight is 652 g/mol. The average Bonchev–Trinajstić information content (AvgIpc) is 3.37. The van der Waals surface area contributed by atoms with Crippen LogP contribution in [0, 0.1) is 0 Å². The molecule has 0 amide bonds. The van der Waals surface area contributed by atoms with E-state index in [0.29, 0.717) is 26.2 Å². The fraction of sp³-hybridized carbons (Fsp3) is 0.444. The second kappa shape index (κ2) is 14.9. The summed E-state index contributed by atoms with van der Waals surface area (Å²) in [6.45, 7) is 8.83. The van der Waals surface area contributed by atoms with Gasteiger partial charge in [-0.05, 0) is 69.9 Å². The zero-order chi connectivity index (χ0) is 33.5. The van der Waals surface area contributed by atoms with Crippen molar-refractivity contribution in [1.82, 2.24) is 0 Å². The number of rotatable bonds is 16. The van der Waals surface area contributed by atoms with Gasteiger partial charge in [-0.3, -0.25) is 9.35 Å². The molecule has 0 saturated heterocycles. The number of aliphatic carboxylic acids is 1. The first-order valence-electron chi connectivity index (χ1n) is 15.8. The molecule has 2 aliphatic rings. The van der Waals surface area contributed by atoms with Crippen molar-refractivity contribution in [2.75, 3.05) is 45.4 Å². The summed E-state index contributed by atoms with van der Waals surface area (Å²) in [7, 11) is -0.965. The summed E-state index contributed by atoms with van der Waals surface area (Å²) in [6, 6.07) is 13.2. The molecule has 248 valence electrons. The number of hydrogen-bond acceptors (Lipinski definition) is 6. The predicted molar refractivity (Wildman–Crippen MR) is 181 cm³/mol. The highest BCUT2D eigenvalue weighted by Crippen LogP contribution is 2.50. The highest BCUT2D eigenvalue weighted by molar-refractivity contribution is 7.85. The Morgan fingerprint density at radius 2 is 1.70 bits per heavy atom. The molecule has 1 unspecified atom stereocenters. The number of hydrogen-bond donors (Lipinski definition) is 2. The van der Waals surface area contributed by atoms with E-state index in [-0.39, 0.29) is 16.7 Å². The van der Waals surface area contributed by atoms with Gasteiger partial charge >= 0.3 is 5.97 Å². The number of para-hydroxylation sites is 1. The van der Waals surface area contributed by atoms with Gasteiger partial charge in [-0.25, -0.2) is 0 Å². The number of carboxylic acids is 1. The van der Waals surface area contributed by atoms with Crippen LogP contribution in [0.1, 0.15) is 64.0 Å². The van der Waals surface area contributed by atoms with Gasteiger partial charge in [0.2, 0.25) is 5.69 Å². The van der Waals surface area contributed by atoms with Crippen molar-refractivity contribution in [1.29, 1.82) is 0 Å². The monoisotopic (exact) mass is 651 g/mol. The lowest BCUT2D eigenvalue weighted by Crippen LogP contribution is -2.30. The Labute approximate surface area is 273 Å². The van der Waals surface area contributed by atoms with Gasteiger partial charge in [0, 0.05) is 68.3 Å². The van der Waals surface area contributed by atoms with Crippen molar-refractivity contribution in [3.8, 4) is 0 Å². The van der Waals surface area contributed by atoms with Crippen LogP contribution >= 0.6 is 0 Å². The van der Waals surface area contributed by atoms with Crippen LogP contribution in [0.15, 0.2) is 83.4 Å².